The van der Waals surface area contributed by atoms with Gasteiger partial charge >= 0.3 is 6.03 Å². The molecule has 0 aromatic heterocycles. The molecular formula is C21H31N5O6S. The van der Waals surface area contributed by atoms with Crippen molar-refractivity contribution in [1.29, 1.82) is 0 Å². The fraction of sp³-hybridized carbons (Fsp3) is 0.619. The van der Waals surface area contributed by atoms with Crippen molar-refractivity contribution in [3.63, 3.8) is 0 Å². The van der Waals surface area contributed by atoms with Crippen LogP contribution in [0.25, 0.3) is 0 Å². The SMILES string of the molecule is CCN(CC)C(=O)N1CCC(C(=O)N2CCN(S(=O)(=O)c3cccc([N+](=O)[O-])c3)CC2)CC1. The van der Waals surface area contributed by atoms with Gasteiger partial charge in [0.1, 0.15) is 0 Å². The Kier molecular flexibility index (Phi) is 7.90. The maximum Gasteiger partial charge on any atom is 0.319 e. The van der Waals surface area contributed by atoms with Gasteiger partial charge in [-0.2, -0.15) is 4.31 Å². The average Bonchev–Trinajstić information content (AvgIpc) is 2.84. The number of likely N-dealkylation sites (tertiary alicyclic amines) is 1. The second kappa shape index (κ2) is 10.5. The van der Waals surface area contributed by atoms with Crippen LogP contribution in [0.2, 0.25) is 0 Å². The minimum atomic E-state index is -3.88. The molecule has 33 heavy (non-hydrogen) atoms. The Balaban J connectivity index is 1.55. The van der Waals surface area contributed by atoms with Crippen molar-refractivity contribution in [2.24, 2.45) is 5.92 Å². The Labute approximate surface area is 194 Å². The topological polar surface area (TPSA) is 124 Å². The average molecular weight is 482 g/mol. The molecule has 0 aliphatic carbocycles. The second-order valence-corrected chi connectivity index (χ2v) is 10.1. The molecule has 2 aliphatic rings. The highest BCUT2D eigenvalue weighted by Crippen LogP contribution is 2.24. The van der Waals surface area contributed by atoms with Crippen molar-refractivity contribution in [3.8, 4) is 0 Å². The maximum absolute atomic E-state index is 13.0. The zero-order valence-electron chi connectivity index (χ0n) is 19.1. The molecule has 0 atom stereocenters. The molecule has 1 aromatic rings. The summed E-state index contributed by atoms with van der Waals surface area (Å²) in [6.07, 6.45) is 1.19. The van der Waals surface area contributed by atoms with Crippen molar-refractivity contribution in [3.05, 3.63) is 34.4 Å². The van der Waals surface area contributed by atoms with E-state index in [1.54, 1.807) is 14.7 Å². The molecule has 12 heteroatoms. The first-order chi connectivity index (χ1) is 15.7. The number of sulfonamides is 1. The van der Waals surface area contributed by atoms with Crippen molar-refractivity contribution in [1.82, 2.24) is 19.0 Å². The van der Waals surface area contributed by atoms with E-state index in [0.717, 1.165) is 6.07 Å². The first-order valence-electron chi connectivity index (χ1n) is 11.3. The Morgan fingerprint density at radius 1 is 1.03 bits per heavy atom. The maximum atomic E-state index is 13.0. The van der Waals surface area contributed by atoms with Crippen LogP contribution in [0, 0.1) is 16.0 Å². The van der Waals surface area contributed by atoms with Crippen molar-refractivity contribution in [2.45, 2.75) is 31.6 Å². The second-order valence-electron chi connectivity index (χ2n) is 8.20. The van der Waals surface area contributed by atoms with Crippen LogP contribution in [0.5, 0.6) is 0 Å². The number of rotatable bonds is 6. The van der Waals surface area contributed by atoms with Gasteiger partial charge in [0.25, 0.3) is 5.69 Å². The lowest BCUT2D eigenvalue weighted by Crippen LogP contribution is -2.53. The summed E-state index contributed by atoms with van der Waals surface area (Å²) < 4.78 is 27.1. The molecule has 3 amide bonds. The van der Waals surface area contributed by atoms with Crippen LogP contribution in [0.3, 0.4) is 0 Å². The van der Waals surface area contributed by atoms with E-state index < -0.39 is 14.9 Å². The Morgan fingerprint density at radius 2 is 1.64 bits per heavy atom. The number of carbonyl (C=O) groups excluding carboxylic acids is 2. The molecule has 11 nitrogen and oxygen atoms in total. The summed E-state index contributed by atoms with van der Waals surface area (Å²) in [4.78, 5) is 41.0. The highest BCUT2D eigenvalue weighted by atomic mass is 32.2. The van der Waals surface area contributed by atoms with Gasteiger partial charge in [0.05, 0.1) is 9.82 Å². The lowest BCUT2D eigenvalue weighted by atomic mass is 9.95. The fourth-order valence-corrected chi connectivity index (χ4v) is 5.79. The van der Waals surface area contributed by atoms with E-state index >= 15 is 0 Å². The number of nitro groups is 1. The summed E-state index contributed by atoms with van der Waals surface area (Å²) in [7, 11) is -3.88. The van der Waals surface area contributed by atoms with Crippen LogP contribution in [-0.4, -0.2) is 96.6 Å². The number of urea groups is 1. The molecule has 2 fully saturated rings. The number of carbonyl (C=O) groups is 2. The van der Waals surface area contributed by atoms with Crippen molar-refractivity contribution < 1.29 is 22.9 Å². The summed E-state index contributed by atoms with van der Waals surface area (Å²) in [6.45, 7) is 7.06. The van der Waals surface area contributed by atoms with Crippen LogP contribution in [-0.2, 0) is 14.8 Å². The number of benzene rings is 1. The van der Waals surface area contributed by atoms with Gasteiger partial charge in [0.15, 0.2) is 0 Å². The van der Waals surface area contributed by atoms with Gasteiger partial charge in [-0.3, -0.25) is 14.9 Å². The van der Waals surface area contributed by atoms with Crippen molar-refractivity contribution in [2.75, 3.05) is 52.4 Å². The number of hydrogen-bond acceptors (Lipinski definition) is 6. The van der Waals surface area contributed by atoms with Gasteiger partial charge in [-0.1, -0.05) is 6.07 Å². The Morgan fingerprint density at radius 3 is 2.18 bits per heavy atom. The molecule has 2 aliphatic heterocycles. The Bertz CT molecular complexity index is 981. The fourth-order valence-electron chi connectivity index (χ4n) is 4.33. The summed E-state index contributed by atoms with van der Waals surface area (Å²) in [5, 5.41) is 11.0. The molecule has 2 saturated heterocycles. The normalized spacial score (nSPS) is 18.2. The zero-order chi connectivity index (χ0) is 24.2. The lowest BCUT2D eigenvalue weighted by Gasteiger charge is -2.39. The van der Waals surface area contributed by atoms with E-state index in [-0.39, 0.29) is 54.6 Å². The third-order valence-corrected chi connectivity index (χ3v) is 8.26. The van der Waals surface area contributed by atoms with Gasteiger partial charge in [0, 0.05) is 70.4 Å². The van der Waals surface area contributed by atoms with E-state index in [4.69, 9.17) is 0 Å². The minimum Gasteiger partial charge on any atom is -0.340 e. The number of hydrogen-bond donors (Lipinski definition) is 0. The monoisotopic (exact) mass is 481 g/mol. The molecule has 0 bridgehead atoms. The summed E-state index contributed by atoms with van der Waals surface area (Å²) in [5.41, 5.74) is -0.282. The number of piperazine rings is 1. The minimum absolute atomic E-state index is 0.00247. The highest BCUT2D eigenvalue weighted by molar-refractivity contribution is 7.89. The van der Waals surface area contributed by atoms with E-state index in [2.05, 4.69) is 0 Å². The molecule has 2 heterocycles. The predicted molar refractivity (Wildman–Crippen MR) is 121 cm³/mol. The molecule has 182 valence electrons. The smallest absolute Gasteiger partial charge is 0.319 e. The van der Waals surface area contributed by atoms with E-state index in [9.17, 15) is 28.1 Å². The number of nitro benzene ring substituents is 1. The lowest BCUT2D eigenvalue weighted by molar-refractivity contribution is -0.385. The number of non-ortho nitro benzene ring substituents is 1. The molecule has 3 rings (SSSR count). The Hall–Kier alpha value is -2.73. The van der Waals surface area contributed by atoms with Crippen LogP contribution < -0.4 is 0 Å². The predicted octanol–water partition coefficient (Wildman–Crippen LogP) is 1.60. The third kappa shape index (κ3) is 5.44. The van der Waals surface area contributed by atoms with E-state index in [1.165, 1.54) is 22.5 Å². The standard InChI is InChI=1S/C21H31N5O6S/c1-3-22(4-2)21(28)24-10-8-17(9-11-24)20(27)23-12-14-25(15-13-23)33(31,32)19-7-5-6-18(16-19)26(29)30/h5-7,16-17H,3-4,8-15H2,1-2H3. The first-order valence-corrected chi connectivity index (χ1v) is 12.7. The summed E-state index contributed by atoms with van der Waals surface area (Å²) in [6, 6.07) is 5.00. The molecular weight excluding hydrogens is 450 g/mol. The number of piperidine rings is 1. The zero-order valence-corrected chi connectivity index (χ0v) is 19.9. The van der Waals surface area contributed by atoms with Crippen LogP contribution in [0.15, 0.2) is 29.2 Å². The number of amides is 3. The quantitative estimate of drug-likeness (QED) is 0.449. The molecule has 0 unspecified atom stereocenters. The van der Waals surface area contributed by atoms with Gasteiger partial charge in [-0.05, 0) is 32.8 Å². The van der Waals surface area contributed by atoms with Gasteiger partial charge in [-0.15, -0.1) is 0 Å². The van der Waals surface area contributed by atoms with Crippen molar-refractivity contribution >= 4 is 27.6 Å². The van der Waals surface area contributed by atoms with Gasteiger partial charge in [0.2, 0.25) is 15.9 Å². The molecule has 0 N–H and O–H groups in total. The van der Waals surface area contributed by atoms with Crippen LogP contribution in [0.1, 0.15) is 26.7 Å². The van der Waals surface area contributed by atoms with E-state index in [1.807, 2.05) is 13.8 Å². The number of nitrogens with zero attached hydrogens (tertiary/aromatic N) is 5. The summed E-state index contributed by atoms with van der Waals surface area (Å²) >= 11 is 0. The van der Waals surface area contributed by atoms with Gasteiger partial charge < -0.3 is 14.7 Å². The molecule has 1 aromatic carbocycles. The third-order valence-electron chi connectivity index (χ3n) is 6.37. The van der Waals surface area contributed by atoms with E-state index in [0.29, 0.717) is 39.0 Å². The molecule has 0 saturated carbocycles. The summed E-state index contributed by atoms with van der Waals surface area (Å²) in [5.74, 6) is -0.178. The largest absolute Gasteiger partial charge is 0.340 e. The molecule has 0 spiro atoms. The first kappa shape index (κ1) is 24.9. The van der Waals surface area contributed by atoms with Gasteiger partial charge in [-0.25, -0.2) is 13.2 Å². The highest BCUT2D eigenvalue weighted by Gasteiger charge is 2.35. The van der Waals surface area contributed by atoms with Crippen LogP contribution >= 0.6 is 0 Å². The molecule has 0 radical (unpaired) electrons. The van der Waals surface area contributed by atoms with Crippen LogP contribution in [0.4, 0.5) is 10.5 Å².